The number of rotatable bonds is 2. The third-order valence-corrected chi connectivity index (χ3v) is 4.12. The van der Waals surface area contributed by atoms with Crippen LogP contribution in [0.1, 0.15) is 36.4 Å². The van der Waals surface area contributed by atoms with Gasteiger partial charge in [0.1, 0.15) is 0 Å². The Kier molecular flexibility index (Phi) is 2.63. The van der Waals surface area contributed by atoms with Crippen molar-refractivity contribution in [3.63, 3.8) is 0 Å². The van der Waals surface area contributed by atoms with Gasteiger partial charge in [0.25, 0.3) is 0 Å². The van der Waals surface area contributed by atoms with Crippen molar-refractivity contribution in [1.29, 1.82) is 0 Å². The number of hydrogen-bond donors (Lipinski definition) is 1. The predicted octanol–water partition coefficient (Wildman–Crippen LogP) is 1.62. The molecule has 0 radical (unpaired) electrons. The first kappa shape index (κ1) is 10.8. The smallest absolute Gasteiger partial charge is 0.234 e. The molecule has 1 saturated heterocycles. The highest BCUT2D eigenvalue weighted by molar-refractivity contribution is 5.80. The summed E-state index contributed by atoms with van der Waals surface area (Å²) < 4.78 is 0. The Labute approximate surface area is 102 Å². The topological polar surface area (TPSA) is 46.3 Å². The average molecular weight is 230 g/mol. The standard InChI is InChI=1S/C14H18N2O/c15-14(17)13-6-3-9-16(13)12-8-7-10-4-1-2-5-11(10)12/h1-2,4-5,12-13H,3,6-9H2,(H2,15,17)/t12-,13?/m1/s1. The van der Waals surface area contributed by atoms with Crippen LogP contribution in [0.15, 0.2) is 24.3 Å². The van der Waals surface area contributed by atoms with Gasteiger partial charge in [-0.3, -0.25) is 9.69 Å². The van der Waals surface area contributed by atoms with Crippen LogP contribution >= 0.6 is 0 Å². The van der Waals surface area contributed by atoms with E-state index in [-0.39, 0.29) is 11.9 Å². The van der Waals surface area contributed by atoms with Crippen LogP contribution in [0.3, 0.4) is 0 Å². The number of carbonyl (C=O) groups is 1. The first-order valence-corrected chi connectivity index (χ1v) is 6.40. The summed E-state index contributed by atoms with van der Waals surface area (Å²) >= 11 is 0. The Morgan fingerprint density at radius 2 is 2.12 bits per heavy atom. The summed E-state index contributed by atoms with van der Waals surface area (Å²) in [5, 5.41) is 0. The van der Waals surface area contributed by atoms with Crippen LogP contribution in [0.25, 0.3) is 0 Å². The highest BCUT2D eigenvalue weighted by Gasteiger charge is 2.37. The number of amides is 1. The van der Waals surface area contributed by atoms with Gasteiger partial charge in [-0.05, 0) is 43.4 Å². The van der Waals surface area contributed by atoms with E-state index in [0.29, 0.717) is 6.04 Å². The molecule has 3 nitrogen and oxygen atoms in total. The van der Waals surface area contributed by atoms with E-state index in [0.717, 1.165) is 32.2 Å². The van der Waals surface area contributed by atoms with Crippen molar-refractivity contribution < 1.29 is 4.79 Å². The Bertz CT molecular complexity index is 444. The van der Waals surface area contributed by atoms with E-state index in [4.69, 9.17) is 5.73 Å². The van der Waals surface area contributed by atoms with E-state index in [1.165, 1.54) is 11.1 Å². The molecule has 1 amide bonds. The van der Waals surface area contributed by atoms with Gasteiger partial charge in [-0.25, -0.2) is 0 Å². The minimum Gasteiger partial charge on any atom is -0.368 e. The SMILES string of the molecule is NC(=O)C1CCCN1[C@@H]1CCc2ccccc21. The number of fused-ring (bicyclic) bond motifs is 1. The molecule has 2 atom stereocenters. The first-order valence-electron chi connectivity index (χ1n) is 6.40. The van der Waals surface area contributed by atoms with E-state index < -0.39 is 0 Å². The lowest BCUT2D eigenvalue weighted by atomic mass is 10.1. The molecule has 90 valence electrons. The molecule has 1 fully saturated rings. The number of nitrogens with two attached hydrogens (primary N) is 1. The maximum Gasteiger partial charge on any atom is 0.234 e. The maximum absolute atomic E-state index is 11.5. The predicted molar refractivity (Wildman–Crippen MR) is 66.4 cm³/mol. The number of benzene rings is 1. The number of hydrogen-bond acceptors (Lipinski definition) is 2. The minimum absolute atomic E-state index is 0.0499. The van der Waals surface area contributed by atoms with Gasteiger partial charge in [0, 0.05) is 6.04 Å². The van der Waals surface area contributed by atoms with Gasteiger partial charge in [0.05, 0.1) is 6.04 Å². The summed E-state index contributed by atoms with van der Waals surface area (Å²) in [6.07, 6.45) is 4.27. The highest BCUT2D eigenvalue weighted by atomic mass is 16.1. The van der Waals surface area contributed by atoms with Crippen LogP contribution in [0, 0.1) is 0 Å². The fourth-order valence-electron chi connectivity index (χ4n) is 3.35. The van der Waals surface area contributed by atoms with Crippen LogP contribution < -0.4 is 5.73 Å². The van der Waals surface area contributed by atoms with Crippen molar-refractivity contribution in [3.05, 3.63) is 35.4 Å². The lowest BCUT2D eigenvalue weighted by Gasteiger charge is -2.29. The maximum atomic E-state index is 11.5. The van der Waals surface area contributed by atoms with Crippen molar-refractivity contribution in [2.24, 2.45) is 5.73 Å². The molecule has 0 saturated carbocycles. The minimum atomic E-state index is -0.160. The second kappa shape index (κ2) is 4.15. The van der Waals surface area contributed by atoms with Crippen LogP contribution in [0.4, 0.5) is 0 Å². The Morgan fingerprint density at radius 3 is 2.94 bits per heavy atom. The van der Waals surface area contributed by atoms with E-state index in [1.54, 1.807) is 0 Å². The number of carbonyl (C=O) groups excluding carboxylic acids is 1. The molecular formula is C14H18N2O. The van der Waals surface area contributed by atoms with Gasteiger partial charge in [-0.1, -0.05) is 24.3 Å². The fraction of sp³-hybridized carbons (Fsp3) is 0.500. The van der Waals surface area contributed by atoms with E-state index in [2.05, 4.69) is 29.2 Å². The molecule has 1 aromatic rings. The largest absolute Gasteiger partial charge is 0.368 e. The van der Waals surface area contributed by atoms with Crippen LogP contribution in [0.5, 0.6) is 0 Å². The summed E-state index contributed by atoms with van der Waals surface area (Å²) in [5.41, 5.74) is 8.34. The van der Waals surface area contributed by atoms with Crippen molar-refractivity contribution >= 4 is 5.91 Å². The first-order chi connectivity index (χ1) is 8.27. The molecule has 3 rings (SSSR count). The summed E-state index contributed by atoms with van der Waals surface area (Å²) in [5.74, 6) is -0.160. The normalized spacial score (nSPS) is 28.2. The Balaban J connectivity index is 1.89. The zero-order chi connectivity index (χ0) is 11.8. The molecule has 0 spiro atoms. The molecular weight excluding hydrogens is 212 g/mol. The molecule has 0 bridgehead atoms. The number of nitrogens with zero attached hydrogens (tertiary/aromatic N) is 1. The van der Waals surface area contributed by atoms with Crippen molar-refractivity contribution in [2.45, 2.75) is 37.8 Å². The van der Waals surface area contributed by atoms with Crippen molar-refractivity contribution in [2.75, 3.05) is 6.54 Å². The highest BCUT2D eigenvalue weighted by Crippen LogP contribution is 2.39. The molecule has 17 heavy (non-hydrogen) atoms. The monoisotopic (exact) mass is 230 g/mol. The van der Waals surface area contributed by atoms with E-state index >= 15 is 0 Å². The summed E-state index contributed by atoms with van der Waals surface area (Å²) in [6.45, 7) is 1.01. The van der Waals surface area contributed by atoms with Crippen LogP contribution in [-0.2, 0) is 11.2 Å². The number of likely N-dealkylation sites (tertiary alicyclic amines) is 1. The molecule has 1 aromatic carbocycles. The number of aryl methyl sites for hydroxylation is 1. The van der Waals surface area contributed by atoms with Gasteiger partial charge >= 0.3 is 0 Å². The summed E-state index contributed by atoms with van der Waals surface area (Å²) in [6, 6.07) is 8.94. The van der Waals surface area contributed by atoms with Gasteiger partial charge in [0.2, 0.25) is 5.91 Å². The van der Waals surface area contributed by atoms with Gasteiger partial charge in [-0.15, -0.1) is 0 Å². The van der Waals surface area contributed by atoms with E-state index in [1.807, 2.05) is 0 Å². The third kappa shape index (κ3) is 1.75. The lowest BCUT2D eigenvalue weighted by molar-refractivity contribution is -0.123. The van der Waals surface area contributed by atoms with Gasteiger partial charge in [0.15, 0.2) is 0 Å². The Morgan fingerprint density at radius 1 is 1.29 bits per heavy atom. The molecule has 1 aliphatic carbocycles. The van der Waals surface area contributed by atoms with Gasteiger partial charge in [-0.2, -0.15) is 0 Å². The molecule has 2 aliphatic rings. The molecule has 3 heteroatoms. The summed E-state index contributed by atoms with van der Waals surface area (Å²) in [4.78, 5) is 13.8. The average Bonchev–Trinajstić information content (AvgIpc) is 2.94. The van der Waals surface area contributed by atoms with Crippen LogP contribution in [-0.4, -0.2) is 23.4 Å². The summed E-state index contributed by atoms with van der Waals surface area (Å²) in [7, 11) is 0. The Hall–Kier alpha value is -1.35. The molecule has 0 aromatic heterocycles. The zero-order valence-electron chi connectivity index (χ0n) is 9.93. The van der Waals surface area contributed by atoms with Gasteiger partial charge < -0.3 is 5.73 Å². The lowest BCUT2D eigenvalue weighted by Crippen LogP contribution is -2.41. The second-order valence-electron chi connectivity index (χ2n) is 5.05. The molecule has 1 unspecified atom stereocenters. The molecule has 2 N–H and O–H groups in total. The molecule has 1 heterocycles. The third-order valence-electron chi connectivity index (χ3n) is 4.12. The zero-order valence-corrected chi connectivity index (χ0v) is 9.93. The number of primary amides is 1. The quantitative estimate of drug-likeness (QED) is 0.839. The second-order valence-corrected chi connectivity index (χ2v) is 5.05. The van der Waals surface area contributed by atoms with Crippen molar-refractivity contribution in [1.82, 2.24) is 4.90 Å². The molecule has 1 aliphatic heterocycles. The fourth-order valence-corrected chi connectivity index (χ4v) is 3.35. The van der Waals surface area contributed by atoms with Crippen LogP contribution in [0.2, 0.25) is 0 Å². The van der Waals surface area contributed by atoms with E-state index in [9.17, 15) is 4.79 Å². The van der Waals surface area contributed by atoms with Crippen molar-refractivity contribution in [3.8, 4) is 0 Å².